The number of benzene rings is 2. The van der Waals surface area contributed by atoms with Gasteiger partial charge in [0.2, 0.25) is 0 Å². The number of rotatable bonds is 7. The molecule has 0 aliphatic rings. The van der Waals surface area contributed by atoms with Crippen molar-refractivity contribution >= 4 is 19.7 Å². The average molecular weight is 566 g/mol. The molecule has 0 saturated heterocycles. The molecule has 0 fully saturated rings. The van der Waals surface area contributed by atoms with Crippen LogP contribution in [0.25, 0.3) is 10.5 Å². The first-order valence-electron chi connectivity index (χ1n) is 10.2. The van der Waals surface area contributed by atoms with E-state index in [9.17, 15) is 8.42 Å². The van der Waals surface area contributed by atoms with Crippen molar-refractivity contribution in [2.24, 2.45) is 16.7 Å². The first-order chi connectivity index (χ1) is 14.3. The van der Waals surface area contributed by atoms with Gasteiger partial charge in [-0.1, -0.05) is 113 Å². The molecule has 1 N–H and O–H groups in total. The third-order valence-electron chi connectivity index (χ3n) is 5.36. The maximum absolute atomic E-state index is 13.2. The Morgan fingerprint density at radius 3 is 1.59 bits per heavy atom. The van der Waals surface area contributed by atoms with Crippen LogP contribution in [0.3, 0.4) is 0 Å². The minimum atomic E-state index is -3.74. The van der Waals surface area contributed by atoms with Crippen molar-refractivity contribution < 1.29 is 25.7 Å². The molecule has 2 aromatic carbocycles. The second kappa shape index (κ2) is 13.2. The molecule has 180 valence electrons. The van der Waals surface area contributed by atoms with E-state index in [2.05, 4.69) is 56.0 Å². The summed E-state index contributed by atoms with van der Waals surface area (Å²) >= 11 is 1.82. The van der Waals surface area contributed by atoms with Gasteiger partial charge in [-0.25, -0.2) is 8.42 Å². The zero-order chi connectivity index (χ0) is 23.9. The summed E-state index contributed by atoms with van der Waals surface area (Å²) < 4.78 is 30.7. The molecule has 4 nitrogen and oxygen atoms in total. The normalized spacial score (nSPS) is 14.0. The Bertz CT molecular complexity index is 866. The molecule has 32 heavy (non-hydrogen) atoms. The molecule has 2 rings (SSSR count). The molecule has 0 aliphatic heterocycles. The molecular formula is C25H37ClN2O2RuS. The van der Waals surface area contributed by atoms with E-state index >= 15 is 0 Å². The quantitative estimate of drug-likeness (QED) is 0.251. The Kier molecular flexibility index (Phi) is 12.9. The standard InChI is InChI=1S/C24H34N2O2S.CH3.ClH.Ru/c1-23(2,3)20(24(4,5)6)17-29(27,28)26-22(19-15-11-8-12-16-19)21(25)18-13-9-7-10-14-18;;;/h7-16,20-22,25H,17H2,1-6H3;1H3;1H;/q-2;-1;;+4/p-1. The topological polar surface area (TPSA) is 72.0 Å². The van der Waals surface area contributed by atoms with Crippen LogP contribution in [0.1, 0.15) is 64.8 Å². The van der Waals surface area contributed by atoms with Crippen molar-refractivity contribution in [3.63, 3.8) is 0 Å². The van der Waals surface area contributed by atoms with Gasteiger partial charge in [-0.2, -0.15) is 0 Å². The van der Waals surface area contributed by atoms with Crippen molar-refractivity contribution in [1.29, 1.82) is 0 Å². The molecule has 2 aromatic rings. The monoisotopic (exact) mass is 566 g/mol. The zero-order valence-electron chi connectivity index (χ0n) is 20.1. The Morgan fingerprint density at radius 2 is 1.22 bits per heavy atom. The predicted molar refractivity (Wildman–Crippen MR) is 135 cm³/mol. The molecule has 2 atom stereocenters. The molecule has 2 unspecified atom stereocenters. The van der Waals surface area contributed by atoms with E-state index in [1.54, 1.807) is 0 Å². The fourth-order valence-electron chi connectivity index (χ4n) is 4.03. The van der Waals surface area contributed by atoms with Crippen molar-refractivity contribution in [3.05, 3.63) is 89.7 Å². The van der Waals surface area contributed by atoms with Crippen LogP contribution < -0.4 is 0 Å². The summed E-state index contributed by atoms with van der Waals surface area (Å²) in [4.78, 5) is 0. The summed E-state index contributed by atoms with van der Waals surface area (Å²) in [5, 5.41) is 0. The van der Waals surface area contributed by atoms with E-state index in [1.165, 1.54) is 0 Å². The fourth-order valence-corrected chi connectivity index (χ4v) is 6.13. The van der Waals surface area contributed by atoms with Crippen LogP contribution in [0.5, 0.6) is 0 Å². The van der Waals surface area contributed by atoms with Gasteiger partial charge in [-0.3, -0.25) is 0 Å². The Hall–Kier alpha value is -0.777. The summed E-state index contributed by atoms with van der Waals surface area (Å²) in [6.07, 6.45) is 0. The summed E-state index contributed by atoms with van der Waals surface area (Å²) in [6.45, 7) is 12.4. The minimum absolute atomic E-state index is 0. The zero-order valence-corrected chi connectivity index (χ0v) is 23.4. The van der Waals surface area contributed by atoms with Crippen LogP contribution in [0.15, 0.2) is 60.7 Å². The van der Waals surface area contributed by atoms with Crippen molar-refractivity contribution in [1.82, 2.24) is 0 Å². The third kappa shape index (κ3) is 9.61. The SMILES string of the molecule is CC(C)(C)C(CS(=O)(=O)[N-]C(c1ccccc1)C([NH-])c1ccccc1)C(C)(C)C.[CH3-].[Cl][Ru+3]. The molecule has 7 heteroatoms. The molecule has 0 spiro atoms. The Balaban J connectivity index is 0.00000311. The molecule has 0 radical (unpaired) electrons. The van der Waals surface area contributed by atoms with E-state index in [-0.39, 0.29) is 29.9 Å². The van der Waals surface area contributed by atoms with Gasteiger partial charge in [0.15, 0.2) is 0 Å². The number of hydrogen-bond acceptors (Lipinski definition) is 2. The van der Waals surface area contributed by atoms with Crippen molar-refractivity contribution in [2.75, 3.05) is 5.75 Å². The van der Waals surface area contributed by atoms with E-state index in [4.69, 9.17) is 5.73 Å². The maximum atomic E-state index is 13.2. The summed E-state index contributed by atoms with van der Waals surface area (Å²) in [6, 6.07) is 17.0. The van der Waals surface area contributed by atoms with E-state index in [1.807, 2.05) is 78.0 Å². The fraction of sp³-hybridized carbons (Fsp3) is 0.480. The average Bonchev–Trinajstić information content (AvgIpc) is 2.71. The second-order valence-electron chi connectivity index (χ2n) is 9.88. The Morgan fingerprint density at radius 1 is 0.844 bits per heavy atom. The number of nitrogens with zero attached hydrogens (tertiary/aromatic N) is 1. The van der Waals surface area contributed by atoms with Gasteiger partial charge >= 0.3 is 27.0 Å². The van der Waals surface area contributed by atoms with Crippen molar-refractivity contribution in [2.45, 2.75) is 53.6 Å². The van der Waals surface area contributed by atoms with E-state index in [0.717, 1.165) is 11.1 Å². The van der Waals surface area contributed by atoms with Gasteiger partial charge in [-0.15, -0.1) is 12.1 Å². The summed E-state index contributed by atoms with van der Waals surface area (Å²) in [7, 11) is 0.826. The van der Waals surface area contributed by atoms with Crippen LogP contribution in [0, 0.1) is 24.2 Å². The number of nitrogens with one attached hydrogen (secondary N) is 1. The first-order valence-corrected chi connectivity index (χ1v) is 14.0. The molecule has 0 aliphatic carbocycles. The van der Waals surface area contributed by atoms with Gasteiger partial charge in [-0.05, 0) is 16.7 Å². The van der Waals surface area contributed by atoms with Gasteiger partial charge in [0.1, 0.15) is 0 Å². The Labute approximate surface area is 210 Å². The molecule has 0 heterocycles. The van der Waals surface area contributed by atoms with Crippen LogP contribution in [0.4, 0.5) is 0 Å². The molecule has 0 amide bonds. The molecule has 0 bridgehead atoms. The van der Waals surface area contributed by atoms with Crippen LogP contribution in [-0.4, -0.2) is 14.2 Å². The molecular weight excluding hydrogens is 529 g/mol. The van der Waals surface area contributed by atoms with E-state index in [0.29, 0.717) is 0 Å². The number of sulfonamides is 1. The first kappa shape index (κ1) is 31.2. The molecule has 0 saturated carbocycles. The predicted octanol–water partition coefficient (Wildman–Crippen LogP) is 8.07. The second-order valence-corrected chi connectivity index (χ2v) is 11.6. The summed E-state index contributed by atoms with van der Waals surface area (Å²) in [5.41, 5.74) is 9.89. The van der Waals surface area contributed by atoms with Crippen LogP contribution in [0.2, 0.25) is 0 Å². The van der Waals surface area contributed by atoms with Gasteiger partial charge in [0.25, 0.3) is 0 Å². The number of halogens is 1. The van der Waals surface area contributed by atoms with Gasteiger partial charge in [0, 0.05) is 5.75 Å². The number of hydrogen-bond donors (Lipinski definition) is 0. The van der Waals surface area contributed by atoms with Gasteiger partial charge < -0.3 is 17.9 Å². The third-order valence-corrected chi connectivity index (χ3v) is 6.66. The van der Waals surface area contributed by atoms with Gasteiger partial charge in [0.05, 0.1) is 10.0 Å². The van der Waals surface area contributed by atoms with Crippen molar-refractivity contribution in [3.8, 4) is 0 Å². The van der Waals surface area contributed by atoms with Crippen LogP contribution in [-0.2, 0) is 27.3 Å². The molecule has 0 aromatic heterocycles. The van der Waals surface area contributed by atoms with E-state index < -0.39 is 22.1 Å². The van der Waals surface area contributed by atoms with Crippen LogP contribution >= 0.6 is 9.69 Å². The summed E-state index contributed by atoms with van der Waals surface area (Å²) in [5.74, 6) is -0.0914.